The van der Waals surface area contributed by atoms with Gasteiger partial charge in [-0.25, -0.2) is 0 Å². The third-order valence-corrected chi connectivity index (χ3v) is 3.86. The summed E-state index contributed by atoms with van der Waals surface area (Å²) in [6.45, 7) is 1.28. The first-order valence-corrected chi connectivity index (χ1v) is 6.45. The minimum Gasteiger partial charge on any atom is -0.507 e. The Labute approximate surface area is 108 Å². The zero-order valence-corrected chi connectivity index (χ0v) is 10.9. The number of carbonyl (C=O) groups excluding carboxylic acids is 1. The summed E-state index contributed by atoms with van der Waals surface area (Å²) in [5.41, 5.74) is 0.000484. The van der Waals surface area contributed by atoms with Crippen molar-refractivity contribution in [3.05, 3.63) is 23.8 Å². The highest BCUT2D eigenvalue weighted by Gasteiger charge is 2.25. The standard InChI is InChI=1S/C12H14BrNO3/c13-8-4-6-14(7-5-8)12(17)11-9(15)2-1-3-10(11)16/h1-3,8,15-16H,4-7H2. The van der Waals surface area contributed by atoms with E-state index in [2.05, 4.69) is 15.9 Å². The fourth-order valence-corrected chi connectivity index (χ4v) is 2.37. The van der Waals surface area contributed by atoms with Gasteiger partial charge in [-0.2, -0.15) is 0 Å². The lowest BCUT2D eigenvalue weighted by atomic mass is 10.1. The van der Waals surface area contributed by atoms with Crippen molar-refractivity contribution in [3.63, 3.8) is 0 Å². The number of amides is 1. The van der Waals surface area contributed by atoms with Crippen molar-refractivity contribution in [1.82, 2.24) is 4.90 Å². The van der Waals surface area contributed by atoms with Crippen LogP contribution in [0.4, 0.5) is 0 Å². The normalized spacial score (nSPS) is 17.1. The van der Waals surface area contributed by atoms with E-state index in [9.17, 15) is 15.0 Å². The first kappa shape index (κ1) is 12.2. The number of carbonyl (C=O) groups is 1. The highest BCUT2D eigenvalue weighted by Crippen LogP contribution is 2.29. The Hall–Kier alpha value is -1.23. The van der Waals surface area contributed by atoms with Crippen molar-refractivity contribution >= 4 is 21.8 Å². The topological polar surface area (TPSA) is 60.8 Å². The number of benzene rings is 1. The molecule has 0 aromatic heterocycles. The van der Waals surface area contributed by atoms with Crippen LogP contribution in [0.15, 0.2) is 18.2 Å². The number of alkyl halides is 1. The average Bonchev–Trinajstić information content (AvgIpc) is 2.29. The van der Waals surface area contributed by atoms with Crippen molar-refractivity contribution in [2.45, 2.75) is 17.7 Å². The summed E-state index contributed by atoms with van der Waals surface area (Å²) in [6, 6.07) is 4.32. The summed E-state index contributed by atoms with van der Waals surface area (Å²) in [6.07, 6.45) is 1.78. The molecule has 2 N–H and O–H groups in total. The minimum atomic E-state index is -0.306. The first-order valence-electron chi connectivity index (χ1n) is 5.54. The lowest BCUT2D eigenvalue weighted by molar-refractivity contribution is 0.0722. The molecule has 1 aliphatic rings. The number of halogens is 1. The van der Waals surface area contributed by atoms with Crippen molar-refractivity contribution in [1.29, 1.82) is 0 Å². The van der Waals surface area contributed by atoms with Crippen LogP contribution in [-0.2, 0) is 0 Å². The van der Waals surface area contributed by atoms with E-state index in [-0.39, 0.29) is 23.0 Å². The number of aromatic hydroxyl groups is 2. The van der Waals surface area contributed by atoms with Gasteiger partial charge < -0.3 is 15.1 Å². The van der Waals surface area contributed by atoms with Crippen LogP contribution < -0.4 is 0 Å². The maximum Gasteiger partial charge on any atom is 0.261 e. The summed E-state index contributed by atoms with van der Waals surface area (Å²) >= 11 is 3.51. The quantitative estimate of drug-likeness (QED) is 0.781. The van der Waals surface area contributed by atoms with Crippen LogP contribution in [0.1, 0.15) is 23.2 Å². The third-order valence-electron chi connectivity index (χ3n) is 2.95. The molecule has 2 rings (SSSR count). The van der Waals surface area contributed by atoms with Gasteiger partial charge >= 0.3 is 0 Å². The SMILES string of the molecule is O=C(c1c(O)cccc1O)N1CCC(Br)CC1. The van der Waals surface area contributed by atoms with Crippen molar-refractivity contribution < 1.29 is 15.0 Å². The highest BCUT2D eigenvalue weighted by molar-refractivity contribution is 9.09. The molecule has 0 bridgehead atoms. The lowest BCUT2D eigenvalue weighted by Gasteiger charge is -2.29. The van der Waals surface area contributed by atoms with Crippen molar-refractivity contribution in [2.24, 2.45) is 0 Å². The Morgan fingerprint density at radius 1 is 1.24 bits per heavy atom. The van der Waals surface area contributed by atoms with Crippen LogP contribution in [-0.4, -0.2) is 38.9 Å². The third kappa shape index (κ3) is 2.54. The van der Waals surface area contributed by atoms with Gasteiger partial charge in [0.05, 0.1) is 0 Å². The van der Waals surface area contributed by atoms with E-state index in [0.717, 1.165) is 12.8 Å². The number of piperidine rings is 1. The molecule has 0 spiro atoms. The Bertz CT molecular complexity index is 408. The van der Waals surface area contributed by atoms with E-state index < -0.39 is 0 Å². The molecule has 0 saturated carbocycles. The molecule has 5 heteroatoms. The molecule has 0 atom stereocenters. The second-order valence-corrected chi connectivity index (χ2v) is 5.43. The molecular weight excluding hydrogens is 286 g/mol. The van der Waals surface area contributed by atoms with Crippen LogP contribution in [0.2, 0.25) is 0 Å². The van der Waals surface area contributed by atoms with Gasteiger partial charge in [0.15, 0.2) is 0 Å². The number of hydrogen-bond donors (Lipinski definition) is 2. The van der Waals surface area contributed by atoms with Gasteiger partial charge in [-0.05, 0) is 25.0 Å². The molecule has 1 heterocycles. The molecule has 0 aliphatic carbocycles. The Kier molecular flexibility index (Phi) is 3.57. The van der Waals surface area contributed by atoms with Crippen molar-refractivity contribution in [2.75, 3.05) is 13.1 Å². The number of nitrogens with zero attached hydrogens (tertiary/aromatic N) is 1. The molecule has 0 radical (unpaired) electrons. The summed E-state index contributed by atoms with van der Waals surface area (Å²) in [5, 5.41) is 19.3. The largest absolute Gasteiger partial charge is 0.507 e. The van der Waals surface area contributed by atoms with E-state index in [1.54, 1.807) is 4.90 Å². The lowest BCUT2D eigenvalue weighted by Crippen LogP contribution is -2.38. The minimum absolute atomic E-state index is 0.000484. The predicted octanol–water partition coefficient (Wildman–Crippen LogP) is 2.10. The number of rotatable bonds is 1. The summed E-state index contributed by atoms with van der Waals surface area (Å²) in [7, 11) is 0. The molecular formula is C12H14BrNO3. The van der Waals surface area contributed by atoms with Gasteiger partial charge in [-0.1, -0.05) is 22.0 Å². The summed E-state index contributed by atoms with van der Waals surface area (Å²) < 4.78 is 0. The first-order chi connectivity index (χ1) is 8.09. The Balaban J connectivity index is 2.20. The molecule has 1 aromatic carbocycles. The molecule has 1 aromatic rings. The maximum atomic E-state index is 12.1. The zero-order chi connectivity index (χ0) is 12.4. The number of likely N-dealkylation sites (tertiary alicyclic amines) is 1. The Morgan fingerprint density at radius 2 is 1.76 bits per heavy atom. The fraction of sp³-hybridized carbons (Fsp3) is 0.417. The summed E-state index contributed by atoms with van der Waals surface area (Å²) in [4.78, 5) is 14.2. The van der Waals surface area contributed by atoms with Gasteiger partial charge in [-0.15, -0.1) is 0 Å². The van der Waals surface area contributed by atoms with Gasteiger partial charge in [0.1, 0.15) is 17.1 Å². The molecule has 0 unspecified atom stereocenters. The fourth-order valence-electron chi connectivity index (χ4n) is 1.96. The molecule has 1 aliphatic heterocycles. The zero-order valence-electron chi connectivity index (χ0n) is 9.27. The predicted molar refractivity (Wildman–Crippen MR) is 67.6 cm³/mol. The summed E-state index contributed by atoms with van der Waals surface area (Å²) in [5.74, 6) is -0.646. The molecule has 1 amide bonds. The molecule has 4 nitrogen and oxygen atoms in total. The number of phenols is 2. The van der Waals surface area contributed by atoms with Gasteiger partial charge in [-0.3, -0.25) is 4.79 Å². The number of phenolic OH excluding ortho intramolecular Hbond substituents is 2. The van der Waals surface area contributed by atoms with E-state index in [1.165, 1.54) is 18.2 Å². The van der Waals surface area contributed by atoms with E-state index in [4.69, 9.17) is 0 Å². The van der Waals surface area contributed by atoms with E-state index >= 15 is 0 Å². The van der Waals surface area contributed by atoms with E-state index in [1.807, 2.05) is 0 Å². The average molecular weight is 300 g/mol. The highest BCUT2D eigenvalue weighted by atomic mass is 79.9. The second kappa shape index (κ2) is 4.96. The molecule has 1 saturated heterocycles. The van der Waals surface area contributed by atoms with Gasteiger partial charge in [0.25, 0.3) is 5.91 Å². The smallest absolute Gasteiger partial charge is 0.261 e. The van der Waals surface area contributed by atoms with Crippen LogP contribution >= 0.6 is 15.9 Å². The van der Waals surface area contributed by atoms with Crippen LogP contribution in [0.3, 0.4) is 0 Å². The Morgan fingerprint density at radius 3 is 2.29 bits per heavy atom. The van der Waals surface area contributed by atoms with Crippen LogP contribution in [0, 0.1) is 0 Å². The molecule has 1 fully saturated rings. The van der Waals surface area contributed by atoms with Crippen LogP contribution in [0.5, 0.6) is 11.5 Å². The van der Waals surface area contributed by atoms with Gasteiger partial charge in [0.2, 0.25) is 0 Å². The maximum absolute atomic E-state index is 12.1. The van der Waals surface area contributed by atoms with E-state index in [0.29, 0.717) is 17.9 Å². The second-order valence-electron chi connectivity index (χ2n) is 4.14. The van der Waals surface area contributed by atoms with Crippen LogP contribution in [0.25, 0.3) is 0 Å². The number of hydrogen-bond acceptors (Lipinski definition) is 3. The van der Waals surface area contributed by atoms with Gasteiger partial charge in [0, 0.05) is 17.9 Å². The molecule has 92 valence electrons. The molecule has 17 heavy (non-hydrogen) atoms. The monoisotopic (exact) mass is 299 g/mol. The van der Waals surface area contributed by atoms with Crippen molar-refractivity contribution in [3.8, 4) is 11.5 Å².